The van der Waals surface area contributed by atoms with Gasteiger partial charge in [-0.15, -0.1) is 0 Å². The quantitative estimate of drug-likeness (QED) is 0.637. The van der Waals surface area contributed by atoms with E-state index in [0.29, 0.717) is 0 Å². The Hall–Kier alpha value is -0.450. The highest BCUT2D eigenvalue weighted by Crippen LogP contribution is 2.28. The van der Waals surface area contributed by atoms with Crippen molar-refractivity contribution < 1.29 is 0 Å². The van der Waals surface area contributed by atoms with Crippen LogP contribution in [0.4, 0.5) is 11.4 Å². The van der Waals surface area contributed by atoms with Crippen LogP contribution in [0.25, 0.3) is 0 Å². The minimum Gasteiger partial charge on any atom is -0.399 e. The predicted molar refractivity (Wildman–Crippen MR) is 74.2 cm³/mol. The molecule has 3 heteroatoms. The molecule has 2 rings (SSSR count). The Bertz CT molecular complexity index is 351. The fourth-order valence-corrected chi connectivity index (χ4v) is 3.07. The van der Waals surface area contributed by atoms with E-state index in [1.54, 1.807) is 0 Å². The van der Waals surface area contributed by atoms with Crippen molar-refractivity contribution in [3.63, 3.8) is 0 Å². The molecule has 1 aliphatic rings. The maximum Gasteiger partial charge on any atom is 0.0503 e. The topological polar surface area (TPSA) is 29.3 Å². The average molecular weight is 316 g/mol. The van der Waals surface area contributed by atoms with Crippen molar-refractivity contribution in [2.24, 2.45) is 5.92 Å². The van der Waals surface area contributed by atoms with E-state index >= 15 is 0 Å². The fraction of sp³-hybridized carbons (Fsp3) is 0.500. The van der Waals surface area contributed by atoms with Crippen molar-refractivity contribution in [3.8, 4) is 0 Å². The summed E-state index contributed by atoms with van der Waals surface area (Å²) in [5.41, 5.74) is 7.96. The number of hydrogen-bond acceptors (Lipinski definition) is 2. The molecule has 1 aromatic rings. The monoisotopic (exact) mass is 316 g/mol. The summed E-state index contributed by atoms with van der Waals surface area (Å²) in [5.74, 6) is 0.812. The summed E-state index contributed by atoms with van der Waals surface area (Å²) in [6, 6.07) is 6.20. The molecule has 0 amide bonds. The zero-order valence-electron chi connectivity index (χ0n) is 9.04. The Balaban J connectivity index is 2.21. The average Bonchev–Trinajstić information content (AvgIpc) is 2.17. The van der Waals surface area contributed by atoms with Crippen LogP contribution >= 0.6 is 22.6 Å². The van der Waals surface area contributed by atoms with Crippen molar-refractivity contribution in [3.05, 3.63) is 21.8 Å². The van der Waals surface area contributed by atoms with Gasteiger partial charge < -0.3 is 10.6 Å². The number of piperidine rings is 1. The van der Waals surface area contributed by atoms with E-state index in [2.05, 4.69) is 46.5 Å². The van der Waals surface area contributed by atoms with E-state index in [1.165, 1.54) is 35.2 Å². The van der Waals surface area contributed by atoms with Gasteiger partial charge in [0, 0.05) is 22.3 Å². The second-order valence-corrected chi connectivity index (χ2v) is 5.57. The second-order valence-electron chi connectivity index (χ2n) is 4.40. The second kappa shape index (κ2) is 4.60. The number of nitrogens with two attached hydrogens (primary N) is 1. The normalized spacial score (nSPS) is 21.7. The van der Waals surface area contributed by atoms with Crippen LogP contribution in [0.3, 0.4) is 0 Å². The van der Waals surface area contributed by atoms with Gasteiger partial charge in [0.1, 0.15) is 0 Å². The van der Waals surface area contributed by atoms with E-state index in [9.17, 15) is 0 Å². The van der Waals surface area contributed by atoms with Crippen LogP contribution in [0.1, 0.15) is 19.8 Å². The summed E-state index contributed by atoms with van der Waals surface area (Å²) in [6.45, 7) is 4.69. The van der Waals surface area contributed by atoms with Crippen LogP contribution in [0.2, 0.25) is 0 Å². The van der Waals surface area contributed by atoms with Crippen molar-refractivity contribution in [1.29, 1.82) is 0 Å². The Morgan fingerprint density at radius 3 is 2.93 bits per heavy atom. The van der Waals surface area contributed by atoms with Crippen LogP contribution in [-0.2, 0) is 0 Å². The van der Waals surface area contributed by atoms with Gasteiger partial charge in [-0.3, -0.25) is 0 Å². The first-order valence-corrected chi connectivity index (χ1v) is 6.54. The highest BCUT2D eigenvalue weighted by atomic mass is 127. The van der Waals surface area contributed by atoms with E-state index < -0.39 is 0 Å². The van der Waals surface area contributed by atoms with E-state index in [0.717, 1.165) is 11.6 Å². The predicted octanol–water partition coefficient (Wildman–Crippen LogP) is 3.11. The number of halogens is 1. The third kappa shape index (κ3) is 2.56. The lowest BCUT2D eigenvalue weighted by Crippen LogP contribution is -2.34. The summed E-state index contributed by atoms with van der Waals surface area (Å²) in [4.78, 5) is 2.48. The molecule has 1 unspecified atom stereocenters. The molecule has 0 bridgehead atoms. The Kier molecular flexibility index (Phi) is 3.38. The first-order chi connectivity index (χ1) is 7.16. The molecule has 1 aliphatic heterocycles. The molecular formula is C12H17IN2. The Morgan fingerprint density at radius 2 is 2.27 bits per heavy atom. The molecule has 0 spiro atoms. The van der Waals surface area contributed by atoms with Gasteiger partial charge in [0.25, 0.3) is 0 Å². The van der Waals surface area contributed by atoms with Gasteiger partial charge in [0.05, 0.1) is 5.69 Å². The van der Waals surface area contributed by atoms with Crippen molar-refractivity contribution >= 4 is 34.0 Å². The van der Waals surface area contributed by atoms with Gasteiger partial charge in [-0.1, -0.05) is 6.92 Å². The smallest absolute Gasteiger partial charge is 0.0503 e. The molecule has 15 heavy (non-hydrogen) atoms. The molecule has 0 saturated carbocycles. The van der Waals surface area contributed by atoms with Crippen LogP contribution in [-0.4, -0.2) is 13.1 Å². The third-order valence-electron chi connectivity index (χ3n) is 2.97. The van der Waals surface area contributed by atoms with Gasteiger partial charge in [-0.2, -0.15) is 0 Å². The molecule has 82 valence electrons. The highest BCUT2D eigenvalue weighted by Gasteiger charge is 2.18. The SMILES string of the molecule is CC1CCCN(c2ccc(N)cc2I)C1. The van der Waals surface area contributed by atoms with Crippen LogP contribution < -0.4 is 10.6 Å². The summed E-state index contributed by atoms with van der Waals surface area (Å²) in [6.07, 6.45) is 2.67. The Labute approximate surface area is 105 Å². The van der Waals surface area contributed by atoms with Gasteiger partial charge >= 0.3 is 0 Å². The van der Waals surface area contributed by atoms with E-state index in [1.807, 2.05) is 6.07 Å². The minimum absolute atomic E-state index is 0.812. The van der Waals surface area contributed by atoms with Crippen molar-refractivity contribution in [2.75, 3.05) is 23.7 Å². The molecule has 1 aromatic carbocycles. The molecule has 0 aromatic heterocycles. The van der Waals surface area contributed by atoms with E-state index in [-0.39, 0.29) is 0 Å². The summed E-state index contributed by atoms with van der Waals surface area (Å²) >= 11 is 2.37. The molecule has 1 heterocycles. The maximum atomic E-state index is 5.76. The van der Waals surface area contributed by atoms with Gasteiger partial charge in [-0.05, 0) is 59.5 Å². The zero-order chi connectivity index (χ0) is 10.8. The molecular weight excluding hydrogens is 299 g/mol. The number of anilines is 2. The fourth-order valence-electron chi connectivity index (χ4n) is 2.19. The van der Waals surface area contributed by atoms with Gasteiger partial charge in [-0.25, -0.2) is 0 Å². The number of nitrogen functional groups attached to an aromatic ring is 1. The Morgan fingerprint density at radius 1 is 1.47 bits per heavy atom. The van der Waals surface area contributed by atoms with E-state index in [4.69, 9.17) is 5.73 Å². The molecule has 1 atom stereocenters. The third-order valence-corrected chi connectivity index (χ3v) is 3.83. The molecule has 2 nitrogen and oxygen atoms in total. The largest absolute Gasteiger partial charge is 0.399 e. The van der Waals surface area contributed by atoms with Crippen LogP contribution in [0.15, 0.2) is 18.2 Å². The molecule has 2 N–H and O–H groups in total. The van der Waals surface area contributed by atoms with Gasteiger partial charge in [0.15, 0.2) is 0 Å². The lowest BCUT2D eigenvalue weighted by Gasteiger charge is -2.33. The number of nitrogens with zero attached hydrogens (tertiary/aromatic N) is 1. The number of benzene rings is 1. The molecule has 0 aliphatic carbocycles. The molecule has 1 fully saturated rings. The summed E-state index contributed by atoms with van der Waals surface area (Å²) in [7, 11) is 0. The van der Waals surface area contributed by atoms with Crippen LogP contribution in [0.5, 0.6) is 0 Å². The first kappa shape index (κ1) is 11.0. The molecule has 0 radical (unpaired) electrons. The lowest BCUT2D eigenvalue weighted by molar-refractivity contribution is 0.446. The highest BCUT2D eigenvalue weighted by molar-refractivity contribution is 14.1. The van der Waals surface area contributed by atoms with Crippen molar-refractivity contribution in [1.82, 2.24) is 0 Å². The zero-order valence-corrected chi connectivity index (χ0v) is 11.2. The number of hydrogen-bond donors (Lipinski definition) is 1. The van der Waals surface area contributed by atoms with Crippen molar-refractivity contribution in [2.45, 2.75) is 19.8 Å². The summed E-state index contributed by atoms with van der Waals surface area (Å²) < 4.78 is 1.27. The number of rotatable bonds is 1. The van der Waals surface area contributed by atoms with Gasteiger partial charge in [0.2, 0.25) is 0 Å². The minimum atomic E-state index is 0.812. The first-order valence-electron chi connectivity index (χ1n) is 5.47. The lowest BCUT2D eigenvalue weighted by atomic mass is 10.00. The molecule has 1 saturated heterocycles. The standard InChI is InChI=1S/C12H17IN2/c1-9-3-2-6-15(8-9)12-5-4-10(14)7-11(12)13/h4-5,7,9H,2-3,6,8,14H2,1H3. The summed E-state index contributed by atoms with van der Waals surface area (Å²) in [5, 5.41) is 0. The van der Waals surface area contributed by atoms with Crippen LogP contribution in [0, 0.1) is 9.49 Å². The maximum absolute atomic E-state index is 5.76.